The topological polar surface area (TPSA) is 79.1 Å². The van der Waals surface area contributed by atoms with E-state index in [-0.39, 0.29) is 18.5 Å². The molecule has 1 fully saturated rings. The maximum absolute atomic E-state index is 12.8. The molecule has 0 amide bonds. The number of imidazole rings is 1. The van der Waals surface area contributed by atoms with E-state index in [1.165, 1.54) is 12.1 Å². The third kappa shape index (κ3) is 5.19. The summed E-state index contributed by atoms with van der Waals surface area (Å²) in [4.78, 5) is 9.60. The zero-order valence-electron chi connectivity index (χ0n) is 16.2. The lowest BCUT2D eigenvalue weighted by Gasteiger charge is -2.31. The average molecular weight is 421 g/mol. The lowest BCUT2D eigenvalue weighted by molar-refractivity contribution is -0.137. The zero-order valence-corrected chi connectivity index (χ0v) is 16.2. The van der Waals surface area contributed by atoms with Crippen molar-refractivity contribution >= 4 is 0 Å². The summed E-state index contributed by atoms with van der Waals surface area (Å²) in [5.41, 5.74) is 0.911. The molecule has 1 atom stereocenters. The van der Waals surface area contributed by atoms with Gasteiger partial charge in [-0.25, -0.2) is 4.98 Å². The predicted octanol–water partition coefficient (Wildman–Crippen LogP) is 3.35. The number of aromatic amines is 2. The normalized spacial score (nSPS) is 17.9. The molecule has 10 heteroatoms. The number of nitrogens with zero attached hydrogens (tertiary/aromatic N) is 3. The predicted molar refractivity (Wildman–Crippen MR) is 102 cm³/mol. The molecule has 0 spiro atoms. The fourth-order valence-electron chi connectivity index (χ4n) is 3.33. The number of benzene rings is 1. The van der Waals surface area contributed by atoms with Crippen LogP contribution in [-0.4, -0.2) is 51.4 Å². The van der Waals surface area contributed by atoms with E-state index in [0.717, 1.165) is 42.4 Å². The standard InChI is InChI=1S/C20H22F3N5O2/c21-20(22,23)14-2-1-3-16(10-14)29-8-4-15-11-17(27-26-15)18-12-28(7-9-30-18)13-19-24-5-6-25-19/h1-3,5-6,10-11,18H,4,7-9,12-13H2,(H,24,25)(H,26,27). The van der Waals surface area contributed by atoms with Crippen molar-refractivity contribution in [2.75, 3.05) is 26.3 Å². The second kappa shape index (κ2) is 8.88. The Kier molecular flexibility index (Phi) is 6.05. The smallest absolute Gasteiger partial charge is 0.416 e. The molecule has 1 unspecified atom stereocenters. The van der Waals surface area contributed by atoms with Gasteiger partial charge in [0, 0.05) is 37.6 Å². The molecule has 1 aromatic carbocycles. The molecule has 7 nitrogen and oxygen atoms in total. The van der Waals surface area contributed by atoms with E-state index < -0.39 is 11.7 Å². The van der Waals surface area contributed by atoms with E-state index in [1.807, 2.05) is 6.07 Å². The molecule has 0 aliphatic carbocycles. The summed E-state index contributed by atoms with van der Waals surface area (Å²) in [6.45, 7) is 3.07. The van der Waals surface area contributed by atoms with Crippen LogP contribution in [0, 0.1) is 0 Å². The van der Waals surface area contributed by atoms with Crippen molar-refractivity contribution in [3.8, 4) is 5.75 Å². The van der Waals surface area contributed by atoms with Crippen molar-refractivity contribution in [3.63, 3.8) is 0 Å². The van der Waals surface area contributed by atoms with Gasteiger partial charge < -0.3 is 14.5 Å². The summed E-state index contributed by atoms with van der Waals surface area (Å²) in [6, 6.07) is 6.78. The molecule has 3 aromatic rings. The number of hydrogen-bond donors (Lipinski definition) is 2. The Morgan fingerprint density at radius 3 is 2.97 bits per heavy atom. The van der Waals surface area contributed by atoms with Gasteiger partial charge in [0.15, 0.2) is 0 Å². The van der Waals surface area contributed by atoms with E-state index >= 15 is 0 Å². The van der Waals surface area contributed by atoms with Crippen molar-refractivity contribution in [3.05, 3.63) is 65.5 Å². The van der Waals surface area contributed by atoms with Gasteiger partial charge in [-0.15, -0.1) is 0 Å². The van der Waals surface area contributed by atoms with Crippen LogP contribution in [0.3, 0.4) is 0 Å². The summed E-state index contributed by atoms with van der Waals surface area (Å²) >= 11 is 0. The Bertz CT molecular complexity index is 942. The second-order valence-electron chi connectivity index (χ2n) is 7.07. The van der Waals surface area contributed by atoms with Crippen molar-refractivity contribution < 1.29 is 22.6 Å². The van der Waals surface area contributed by atoms with Gasteiger partial charge >= 0.3 is 6.18 Å². The second-order valence-corrected chi connectivity index (χ2v) is 7.07. The summed E-state index contributed by atoms with van der Waals surface area (Å²) in [6.07, 6.45) is -0.513. The monoisotopic (exact) mass is 421 g/mol. The van der Waals surface area contributed by atoms with Gasteiger partial charge in [-0.1, -0.05) is 6.07 Å². The van der Waals surface area contributed by atoms with Crippen molar-refractivity contribution in [2.24, 2.45) is 0 Å². The van der Waals surface area contributed by atoms with Crippen LogP contribution in [0.1, 0.15) is 28.9 Å². The van der Waals surface area contributed by atoms with Gasteiger partial charge in [0.25, 0.3) is 0 Å². The Morgan fingerprint density at radius 2 is 2.17 bits per heavy atom. The number of aromatic nitrogens is 4. The fourth-order valence-corrected chi connectivity index (χ4v) is 3.33. The largest absolute Gasteiger partial charge is 0.493 e. The van der Waals surface area contributed by atoms with Crippen molar-refractivity contribution in [2.45, 2.75) is 25.2 Å². The summed E-state index contributed by atoms with van der Waals surface area (Å²) in [5, 5.41) is 7.30. The molecule has 0 radical (unpaired) electrons. The highest BCUT2D eigenvalue weighted by molar-refractivity contribution is 5.30. The lowest BCUT2D eigenvalue weighted by Crippen LogP contribution is -2.38. The van der Waals surface area contributed by atoms with Gasteiger partial charge in [0.2, 0.25) is 0 Å². The highest BCUT2D eigenvalue weighted by Crippen LogP contribution is 2.31. The molecular weight excluding hydrogens is 399 g/mol. The minimum Gasteiger partial charge on any atom is -0.493 e. The third-order valence-electron chi connectivity index (χ3n) is 4.86. The molecule has 4 rings (SSSR count). The van der Waals surface area contributed by atoms with Gasteiger partial charge in [-0.3, -0.25) is 10.00 Å². The molecule has 2 N–H and O–H groups in total. The highest BCUT2D eigenvalue weighted by Gasteiger charge is 2.30. The first kappa shape index (κ1) is 20.4. The van der Waals surface area contributed by atoms with Crippen LogP contribution in [0.15, 0.2) is 42.7 Å². The number of alkyl halides is 3. The first-order valence-electron chi connectivity index (χ1n) is 9.64. The maximum atomic E-state index is 12.8. The number of H-pyrrole nitrogens is 2. The van der Waals surface area contributed by atoms with E-state index in [1.54, 1.807) is 12.4 Å². The Hall–Kier alpha value is -2.85. The van der Waals surface area contributed by atoms with Gasteiger partial charge in [-0.05, 0) is 24.3 Å². The van der Waals surface area contributed by atoms with E-state index in [0.29, 0.717) is 19.6 Å². The summed E-state index contributed by atoms with van der Waals surface area (Å²) < 4.78 is 49.7. The molecular formula is C20H22F3N5O2. The van der Waals surface area contributed by atoms with Crippen LogP contribution in [0.4, 0.5) is 13.2 Å². The van der Waals surface area contributed by atoms with Crippen molar-refractivity contribution in [1.82, 2.24) is 25.1 Å². The third-order valence-corrected chi connectivity index (χ3v) is 4.86. The van der Waals surface area contributed by atoms with Crippen LogP contribution < -0.4 is 4.74 Å². The quantitative estimate of drug-likeness (QED) is 0.612. The maximum Gasteiger partial charge on any atom is 0.416 e. The molecule has 0 saturated carbocycles. The molecule has 1 aliphatic heterocycles. The van der Waals surface area contributed by atoms with Gasteiger partial charge in [0.1, 0.15) is 17.7 Å². The number of ether oxygens (including phenoxy) is 2. The van der Waals surface area contributed by atoms with Crippen LogP contribution in [0.5, 0.6) is 5.75 Å². The molecule has 30 heavy (non-hydrogen) atoms. The molecule has 1 saturated heterocycles. The SMILES string of the molecule is FC(F)(F)c1cccc(OCCc2cc(C3CN(Cc4ncc[nH]4)CCO3)n[nH]2)c1. The van der Waals surface area contributed by atoms with Crippen LogP contribution in [-0.2, 0) is 23.9 Å². The minimum absolute atomic E-state index is 0.150. The van der Waals surface area contributed by atoms with Crippen LogP contribution >= 0.6 is 0 Å². The number of hydrogen-bond acceptors (Lipinski definition) is 5. The van der Waals surface area contributed by atoms with Crippen LogP contribution in [0.2, 0.25) is 0 Å². The lowest BCUT2D eigenvalue weighted by atomic mass is 10.2. The van der Waals surface area contributed by atoms with Crippen molar-refractivity contribution in [1.29, 1.82) is 0 Å². The van der Waals surface area contributed by atoms with Crippen LogP contribution in [0.25, 0.3) is 0 Å². The molecule has 2 aromatic heterocycles. The Labute approximate surface area is 171 Å². The molecule has 0 bridgehead atoms. The molecule has 160 valence electrons. The Balaban J connectivity index is 1.29. The van der Waals surface area contributed by atoms with Gasteiger partial charge in [0.05, 0.1) is 31.0 Å². The van der Waals surface area contributed by atoms with E-state index in [2.05, 4.69) is 25.1 Å². The molecule has 3 heterocycles. The Morgan fingerprint density at radius 1 is 1.27 bits per heavy atom. The minimum atomic E-state index is -4.39. The number of halogens is 3. The van der Waals surface area contributed by atoms with E-state index in [4.69, 9.17) is 9.47 Å². The first-order valence-corrected chi connectivity index (χ1v) is 9.64. The van der Waals surface area contributed by atoms with E-state index in [9.17, 15) is 13.2 Å². The number of morpholine rings is 1. The summed E-state index contributed by atoms with van der Waals surface area (Å²) in [5.74, 6) is 1.10. The van der Waals surface area contributed by atoms with Gasteiger partial charge in [-0.2, -0.15) is 18.3 Å². The number of nitrogens with one attached hydrogen (secondary N) is 2. The molecule has 1 aliphatic rings. The highest BCUT2D eigenvalue weighted by atomic mass is 19.4. The number of rotatable bonds is 7. The zero-order chi connectivity index (χ0) is 21.0. The summed E-state index contributed by atoms with van der Waals surface area (Å²) in [7, 11) is 0. The first-order chi connectivity index (χ1) is 14.5. The fraction of sp³-hybridized carbons (Fsp3) is 0.400. The average Bonchev–Trinajstić information content (AvgIpc) is 3.40.